The molecule has 0 radical (unpaired) electrons. The Morgan fingerprint density at radius 1 is 0.306 bits per heavy atom. The minimum Gasteiger partial charge on any atom is -0.507 e. The van der Waals surface area contributed by atoms with Gasteiger partial charge in [0.2, 0.25) is 0 Å². The van der Waals surface area contributed by atoms with Gasteiger partial charge in [-0.25, -0.2) is 19.2 Å². The third kappa shape index (κ3) is 21.7. The van der Waals surface area contributed by atoms with Gasteiger partial charge in [0.25, 0.3) is 0 Å². The molecule has 472 valence electrons. The lowest BCUT2D eigenvalue weighted by atomic mass is 9.69. The summed E-state index contributed by atoms with van der Waals surface area (Å²) >= 11 is 0. The highest BCUT2D eigenvalue weighted by Gasteiger charge is 2.39. The standard InChI is InChI=1S/4C18H26O3.CH4/c4*1-11-12(8-9-14(19)20)10-13(17(2,3)4)16(21)15(11)18(5,6)7;/h4*8-10,12,21H,1H2,2-7H3,(H,19,20);1H4. The van der Waals surface area contributed by atoms with Crippen LogP contribution in [0.3, 0.4) is 0 Å². The van der Waals surface area contributed by atoms with E-state index in [1.54, 1.807) is 24.3 Å². The van der Waals surface area contributed by atoms with Gasteiger partial charge < -0.3 is 40.9 Å². The van der Waals surface area contributed by atoms with Crippen molar-refractivity contribution in [3.63, 3.8) is 0 Å². The second kappa shape index (κ2) is 28.4. The van der Waals surface area contributed by atoms with Gasteiger partial charge in [-0.15, -0.1) is 0 Å². The Labute approximate surface area is 511 Å². The number of aliphatic hydroxyl groups excluding tert-OH is 4. The van der Waals surface area contributed by atoms with Crippen LogP contribution < -0.4 is 0 Å². The summed E-state index contributed by atoms with van der Waals surface area (Å²) < 4.78 is 0. The minimum absolute atomic E-state index is 0. The van der Waals surface area contributed by atoms with E-state index in [4.69, 9.17) is 20.4 Å². The third-order valence-electron chi connectivity index (χ3n) is 14.3. The van der Waals surface area contributed by atoms with Crippen molar-refractivity contribution in [3.8, 4) is 0 Å². The molecule has 8 N–H and O–H groups in total. The molecule has 0 aliphatic heterocycles. The quantitative estimate of drug-likeness (QED) is 0.106. The summed E-state index contributed by atoms with van der Waals surface area (Å²) in [5.74, 6) is -3.65. The molecule has 0 spiro atoms. The van der Waals surface area contributed by atoms with Crippen LogP contribution in [0.25, 0.3) is 0 Å². The van der Waals surface area contributed by atoms with Gasteiger partial charge in [0.05, 0.1) is 0 Å². The molecule has 0 amide bonds. The highest BCUT2D eigenvalue weighted by atomic mass is 16.4. The van der Waals surface area contributed by atoms with Crippen molar-refractivity contribution in [1.29, 1.82) is 0 Å². The predicted molar refractivity (Wildman–Crippen MR) is 351 cm³/mol. The van der Waals surface area contributed by atoms with Crippen LogP contribution in [0.5, 0.6) is 0 Å². The molecule has 0 aromatic heterocycles. The summed E-state index contributed by atoms with van der Waals surface area (Å²) in [6.45, 7) is 64.9. The molecule has 12 heteroatoms. The van der Waals surface area contributed by atoms with Crippen LogP contribution in [-0.2, 0) is 19.2 Å². The Morgan fingerprint density at radius 2 is 0.435 bits per heavy atom. The van der Waals surface area contributed by atoms with Crippen LogP contribution in [0.4, 0.5) is 0 Å². The van der Waals surface area contributed by atoms with Crippen LogP contribution in [0.2, 0.25) is 0 Å². The van der Waals surface area contributed by atoms with Crippen molar-refractivity contribution in [2.45, 2.75) is 174 Å². The van der Waals surface area contributed by atoms with Gasteiger partial charge in [0.1, 0.15) is 23.0 Å². The number of hydrogen-bond donors (Lipinski definition) is 8. The highest BCUT2D eigenvalue weighted by Crippen LogP contribution is 2.50. The number of aliphatic carboxylic acids is 4. The van der Waals surface area contributed by atoms with Crippen molar-refractivity contribution in [2.24, 2.45) is 67.0 Å². The lowest BCUT2D eigenvalue weighted by molar-refractivity contribution is -0.132. The molecule has 0 heterocycles. The van der Waals surface area contributed by atoms with Gasteiger partial charge in [-0.3, -0.25) is 0 Å². The van der Waals surface area contributed by atoms with Crippen molar-refractivity contribution >= 4 is 23.9 Å². The molecular weight excluding hydrogens is 1070 g/mol. The second-order valence-electron chi connectivity index (χ2n) is 30.2. The number of allylic oxidation sites excluding steroid dienone is 20. The maximum atomic E-state index is 10.8. The molecule has 4 aliphatic carbocycles. The molecule has 4 atom stereocenters. The zero-order valence-corrected chi connectivity index (χ0v) is 55.3. The molecule has 0 bridgehead atoms. The average molecular weight is 1180 g/mol. The highest BCUT2D eigenvalue weighted by molar-refractivity contribution is 5.81. The fourth-order valence-electron chi connectivity index (χ4n) is 10.4. The first-order valence-corrected chi connectivity index (χ1v) is 28.5. The molecule has 0 saturated heterocycles. The molecular formula is C73H108O12. The van der Waals surface area contributed by atoms with Crippen LogP contribution >= 0.6 is 0 Å². The lowest BCUT2D eigenvalue weighted by Gasteiger charge is -2.36. The predicted octanol–water partition coefficient (Wildman–Crippen LogP) is 19.2. The van der Waals surface area contributed by atoms with Gasteiger partial charge in [-0.05, 0) is 87.9 Å². The Balaban J connectivity index is 0.00000110. The molecule has 85 heavy (non-hydrogen) atoms. The first-order chi connectivity index (χ1) is 37.4. The lowest BCUT2D eigenvalue weighted by Crippen LogP contribution is -2.25. The molecule has 4 aliphatic rings. The largest absolute Gasteiger partial charge is 0.507 e. The average Bonchev–Trinajstić information content (AvgIpc) is 3.25. The van der Waals surface area contributed by atoms with Crippen LogP contribution in [0.15, 0.2) is 189 Å². The van der Waals surface area contributed by atoms with Crippen LogP contribution in [0, 0.1) is 67.0 Å². The van der Waals surface area contributed by atoms with E-state index in [9.17, 15) is 39.6 Å². The summed E-state index contributed by atoms with van der Waals surface area (Å²) in [5, 5.41) is 78.0. The van der Waals surface area contributed by atoms with Gasteiger partial charge >= 0.3 is 23.9 Å². The van der Waals surface area contributed by atoms with Crippen molar-refractivity contribution in [3.05, 3.63) is 189 Å². The fourth-order valence-corrected chi connectivity index (χ4v) is 10.4. The molecule has 4 unspecified atom stereocenters. The molecule has 0 aromatic rings. The minimum atomic E-state index is -0.982. The van der Waals surface area contributed by atoms with E-state index in [-0.39, 0.29) is 97.5 Å². The summed E-state index contributed by atoms with van der Waals surface area (Å²) in [4.78, 5) is 43.1. The SMILES string of the molecule is C.C=C1C(C(C)(C)C)=C(O)C(C(C)(C)C)=CC1C=CC(=O)O.C=C1C(C(C)(C)C)=C(O)C(C(C)(C)C)=CC1C=CC(=O)O.C=C1C(C(C)(C)C)=C(O)C(C(C)(C)C)=CC1C=CC(=O)O.C=C1C(C(C)(C)C)=C(O)C(C(C)(C)C)=CC1C=CC(=O)O. The Bertz CT molecular complexity index is 2590. The molecule has 0 fully saturated rings. The van der Waals surface area contributed by atoms with Gasteiger partial charge in [0, 0.05) is 70.3 Å². The number of carboxylic acid groups (broad SMARTS) is 4. The van der Waals surface area contributed by atoms with Crippen LogP contribution in [0.1, 0.15) is 174 Å². The van der Waals surface area contributed by atoms with E-state index in [2.05, 4.69) is 26.3 Å². The smallest absolute Gasteiger partial charge is 0.328 e. The maximum Gasteiger partial charge on any atom is 0.328 e. The Hall–Kier alpha value is -7.08. The summed E-state index contributed by atoms with van der Waals surface area (Å²) in [6.07, 6.45) is 18.7. The van der Waals surface area contributed by atoms with E-state index in [1.807, 2.05) is 190 Å². The summed E-state index contributed by atoms with van der Waals surface area (Å²) in [7, 11) is 0. The van der Waals surface area contributed by atoms with E-state index >= 15 is 0 Å². The Morgan fingerprint density at radius 3 is 0.529 bits per heavy atom. The maximum absolute atomic E-state index is 10.8. The zero-order chi connectivity index (χ0) is 66.3. The Kier molecular flexibility index (Phi) is 26.0. The monoisotopic (exact) mass is 1180 g/mol. The van der Waals surface area contributed by atoms with E-state index in [1.165, 1.54) is 0 Å². The number of rotatable bonds is 8. The molecule has 4 rings (SSSR count). The normalized spacial score (nSPS) is 20.7. The van der Waals surface area contributed by atoms with Gasteiger partial charge in [0.15, 0.2) is 0 Å². The number of hydrogen-bond acceptors (Lipinski definition) is 8. The fraction of sp³-hybridized carbons (Fsp3) is 0.507. The van der Waals surface area contributed by atoms with E-state index < -0.39 is 23.9 Å². The zero-order valence-electron chi connectivity index (χ0n) is 55.3. The van der Waals surface area contributed by atoms with E-state index in [0.717, 1.165) is 91.2 Å². The second-order valence-corrected chi connectivity index (χ2v) is 30.2. The van der Waals surface area contributed by atoms with E-state index in [0.29, 0.717) is 0 Å². The van der Waals surface area contributed by atoms with Crippen molar-refractivity contribution < 1.29 is 60.0 Å². The first-order valence-electron chi connectivity index (χ1n) is 28.5. The molecule has 0 saturated carbocycles. The third-order valence-corrected chi connectivity index (χ3v) is 14.3. The first kappa shape index (κ1) is 77.9. The summed E-state index contributed by atoms with van der Waals surface area (Å²) in [5.41, 5.74) is 7.60. The topological polar surface area (TPSA) is 230 Å². The van der Waals surface area contributed by atoms with Crippen molar-refractivity contribution in [2.75, 3.05) is 0 Å². The van der Waals surface area contributed by atoms with Gasteiger partial charge in [-0.1, -0.05) is 249 Å². The number of carbonyl (C=O) groups is 4. The van der Waals surface area contributed by atoms with Crippen molar-refractivity contribution in [1.82, 2.24) is 0 Å². The number of carboxylic acids is 4. The van der Waals surface area contributed by atoms with Gasteiger partial charge in [-0.2, -0.15) is 0 Å². The summed E-state index contributed by atoms with van der Waals surface area (Å²) in [6, 6.07) is 0. The van der Waals surface area contributed by atoms with Crippen LogP contribution in [-0.4, -0.2) is 64.7 Å². The molecule has 12 nitrogen and oxygen atoms in total. The number of aliphatic hydroxyl groups is 4. The molecule has 0 aromatic carbocycles.